The van der Waals surface area contributed by atoms with Gasteiger partial charge in [-0.2, -0.15) is 8.42 Å². The smallest absolute Gasteiger partial charge is 0.294 e. The predicted molar refractivity (Wildman–Crippen MR) is 188 cm³/mol. The Morgan fingerprint density at radius 2 is 0.864 bits per heavy atom. The number of rotatable bonds is 31. The summed E-state index contributed by atoms with van der Waals surface area (Å²) in [4.78, 5) is -0.140. The van der Waals surface area contributed by atoms with Crippen LogP contribution in [0.15, 0.2) is 23.1 Å². The van der Waals surface area contributed by atoms with E-state index in [1.807, 2.05) is 0 Å². The van der Waals surface area contributed by atoms with E-state index >= 15 is 0 Å². The fraction of sp³-hybridized carbons (Fsp3) is 0.842. The van der Waals surface area contributed by atoms with Crippen molar-refractivity contribution in [2.75, 3.05) is 13.2 Å². The first kappa shape index (κ1) is 40.8. The summed E-state index contributed by atoms with van der Waals surface area (Å²) in [5, 5.41) is 0. The highest BCUT2D eigenvalue weighted by Gasteiger charge is 2.18. The van der Waals surface area contributed by atoms with Gasteiger partial charge in [-0.3, -0.25) is 4.55 Å². The van der Waals surface area contributed by atoms with E-state index in [9.17, 15) is 13.0 Å². The number of hydrogen-bond donors (Lipinski definition) is 1. The largest absolute Gasteiger partial charge is 0.489 e. The van der Waals surface area contributed by atoms with E-state index in [1.54, 1.807) is 6.07 Å². The minimum Gasteiger partial charge on any atom is -0.489 e. The van der Waals surface area contributed by atoms with Gasteiger partial charge in [0.15, 0.2) is 11.5 Å². The zero-order valence-corrected chi connectivity index (χ0v) is 30.1. The van der Waals surface area contributed by atoms with Gasteiger partial charge >= 0.3 is 0 Å². The van der Waals surface area contributed by atoms with Gasteiger partial charge in [0, 0.05) is 6.07 Å². The number of hydrogen-bond acceptors (Lipinski definition) is 4. The number of benzene rings is 1. The Kier molecular flexibility index (Phi) is 24.9. The van der Waals surface area contributed by atoms with Crippen LogP contribution in [0, 0.1) is 11.8 Å². The lowest BCUT2D eigenvalue weighted by Gasteiger charge is -2.22. The molecule has 0 saturated heterocycles. The van der Waals surface area contributed by atoms with Gasteiger partial charge in [-0.1, -0.05) is 156 Å². The van der Waals surface area contributed by atoms with Crippen LogP contribution in [0.5, 0.6) is 11.5 Å². The van der Waals surface area contributed by atoms with Crippen molar-refractivity contribution in [1.82, 2.24) is 0 Å². The fourth-order valence-corrected chi connectivity index (χ4v) is 6.56. The molecule has 0 aromatic heterocycles. The lowest BCUT2D eigenvalue weighted by molar-refractivity contribution is 0.192. The third-order valence-corrected chi connectivity index (χ3v) is 9.88. The summed E-state index contributed by atoms with van der Waals surface area (Å²) in [5.74, 6) is 1.93. The zero-order chi connectivity index (χ0) is 32.3. The van der Waals surface area contributed by atoms with Crippen LogP contribution in [-0.2, 0) is 10.1 Å². The van der Waals surface area contributed by atoms with Gasteiger partial charge in [0.05, 0.1) is 18.1 Å². The summed E-state index contributed by atoms with van der Waals surface area (Å²) in [5.41, 5.74) is 0. The van der Waals surface area contributed by atoms with E-state index < -0.39 is 10.1 Å². The van der Waals surface area contributed by atoms with Crippen LogP contribution in [0.1, 0.15) is 182 Å². The maximum Gasteiger partial charge on any atom is 0.294 e. The van der Waals surface area contributed by atoms with E-state index in [-0.39, 0.29) is 4.90 Å². The molecule has 6 heteroatoms. The highest BCUT2D eigenvalue weighted by Crippen LogP contribution is 2.33. The maximum atomic E-state index is 12.0. The second kappa shape index (κ2) is 26.9. The maximum absolute atomic E-state index is 12.0. The van der Waals surface area contributed by atoms with Gasteiger partial charge in [-0.25, -0.2) is 0 Å². The minimum atomic E-state index is -4.33. The van der Waals surface area contributed by atoms with E-state index in [0.29, 0.717) is 36.5 Å². The SMILES string of the molecule is CCCCCCCCC(CCCCCC)COc1ccc(S(=O)(=O)O)cc1OCC(CCCCCC)CCCCCCCC. The predicted octanol–water partition coefficient (Wildman–Crippen LogP) is 12.4. The van der Waals surface area contributed by atoms with Crippen molar-refractivity contribution in [2.24, 2.45) is 11.8 Å². The van der Waals surface area contributed by atoms with Gasteiger partial charge in [-0.05, 0) is 49.7 Å². The Balaban J connectivity index is 2.92. The monoisotopic (exact) mass is 638 g/mol. The Labute approximate surface area is 273 Å². The third kappa shape index (κ3) is 20.7. The molecule has 2 unspecified atom stereocenters. The van der Waals surface area contributed by atoms with E-state index in [0.717, 1.165) is 25.7 Å². The van der Waals surface area contributed by atoms with E-state index in [1.165, 1.54) is 141 Å². The molecule has 0 amide bonds. The van der Waals surface area contributed by atoms with Crippen LogP contribution < -0.4 is 9.47 Å². The molecule has 2 atom stereocenters. The normalized spacial score (nSPS) is 13.2. The third-order valence-electron chi connectivity index (χ3n) is 9.03. The second-order valence-electron chi connectivity index (χ2n) is 13.2. The molecule has 5 nitrogen and oxygen atoms in total. The average Bonchev–Trinajstić information content (AvgIpc) is 3.01. The summed E-state index contributed by atoms with van der Waals surface area (Å²) in [7, 11) is -4.33. The molecule has 1 aromatic rings. The van der Waals surface area contributed by atoms with E-state index in [2.05, 4.69) is 27.7 Å². The number of ether oxygens (including phenoxy) is 2. The van der Waals surface area contributed by atoms with Crippen molar-refractivity contribution in [3.05, 3.63) is 18.2 Å². The second-order valence-corrected chi connectivity index (χ2v) is 14.7. The zero-order valence-electron chi connectivity index (χ0n) is 29.3. The van der Waals surface area contributed by atoms with Gasteiger partial charge in [0.2, 0.25) is 0 Å². The molecular weight excluding hydrogens is 568 g/mol. The minimum absolute atomic E-state index is 0.140. The summed E-state index contributed by atoms with van der Waals surface area (Å²) < 4.78 is 46.5. The van der Waals surface area contributed by atoms with Gasteiger partial charge in [0.1, 0.15) is 0 Å². The summed E-state index contributed by atoms with van der Waals surface area (Å²) in [6.45, 7) is 10.2. The lowest BCUT2D eigenvalue weighted by Crippen LogP contribution is -2.16. The Morgan fingerprint density at radius 1 is 0.523 bits per heavy atom. The topological polar surface area (TPSA) is 72.8 Å². The Hall–Kier alpha value is -1.27. The van der Waals surface area contributed by atoms with Crippen molar-refractivity contribution < 1.29 is 22.4 Å². The molecule has 0 aliphatic heterocycles. The molecule has 0 heterocycles. The fourth-order valence-electron chi connectivity index (χ4n) is 6.06. The van der Waals surface area contributed by atoms with Crippen LogP contribution in [0.25, 0.3) is 0 Å². The molecule has 0 bridgehead atoms. The van der Waals surface area contributed by atoms with Gasteiger partial charge in [0.25, 0.3) is 10.1 Å². The molecule has 0 aliphatic carbocycles. The Morgan fingerprint density at radius 3 is 1.25 bits per heavy atom. The van der Waals surface area contributed by atoms with Crippen LogP contribution in [0.3, 0.4) is 0 Å². The highest BCUT2D eigenvalue weighted by atomic mass is 32.2. The molecule has 0 spiro atoms. The molecule has 0 radical (unpaired) electrons. The van der Waals surface area contributed by atoms with Crippen molar-refractivity contribution in [1.29, 1.82) is 0 Å². The first-order chi connectivity index (χ1) is 21.3. The van der Waals surface area contributed by atoms with E-state index in [4.69, 9.17) is 9.47 Å². The van der Waals surface area contributed by atoms with Crippen LogP contribution in [0.4, 0.5) is 0 Å². The molecule has 44 heavy (non-hydrogen) atoms. The van der Waals surface area contributed by atoms with Crippen LogP contribution in [0.2, 0.25) is 0 Å². The van der Waals surface area contributed by atoms with Gasteiger partial charge in [-0.15, -0.1) is 0 Å². The standard InChI is InChI=1S/C38H70O5S/c1-5-9-13-17-19-23-27-34(25-21-15-11-7-3)32-42-37-30-29-36(44(39,40)41)31-38(37)43-33-35(26-22-16-12-8-4)28-24-20-18-14-10-6-2/h29-31,34-35H,5-28,32-33H2,1-4H3,(H,39,40,41). The summed E-state index contributed by atoms with van der Waals surface area (Å²) in [6, 6.07) is 4.55. The van der Waals surface area contributed by atoms with Crippen LogP contribution in [-0.4, -0.2) is 26.2 Å². The molecule has 0 aliphatic rings. The molecule has 1 rings (SSSR count). The lowest BCUT2D eigenvalue weighted by atomic mass is 9.95. The number of unbranched alkanes of at least 4 members (excludes halogenated alkanes) is 16. The first-order valence-electron chi connectivity index (χ1n) is 18.7. The van der Waals surface area contributed by atoms with Crippen LogP contribution >= 0.6 is 0 Å². The van der Waals surface area contributed by atoms with Crippen molar-refractivity contribution in [3.8, 4) is 11.5 Å². The molecule has 1 aromatic carbocycles. The van der Waals surface area contributed by atoms with Crippen molar-refractivity contribution in [2.45, 2.75) is 187 Å². The van der Waals surface area contributed by atoms with Crippen molar-refractivity contribution in [3.63, 3.8) is 0 Å². The van der Waals surface area contributed by atoms with Crippen molar-refractivity contribution >= 4 is 10.1 Å². The highest BCUT2D eigenvalue weighted by molar-refractivity contribution is 7.85. The summed E-state index contributed by atoms with van der Waals surface area (Å²) >= 11 is 0. The molecule has 258 valence electrons. The molecule has 0 saturated carbocycles. The molecular formula is C38H70O5S. The molecule has 0 fully saturated rings. The quantitative estimate of drug-likeness (QED) is 0.0647. The Bertz CT molecular complexity index is 900. The first-order valence-corrected chi connectivity index (χ1v) is 20.2. The summed E-state index contributed by atoms with van der Waals surface area (Å²) in [6.07, 6.45) is 29.9. The average molecular weight is 639 g/mol. The molecule has 1 N–H and O–H groups in total. The van der Waals surface area contributed by atoms with Gasteiger partial charge < -0.3 is 9.47 Å².